The highest BCUT2D eigenvalue weighted by molar-refractivity contribution is 5.39. The number of nitrogens with one attached hydrogen (secondary N) is 1. The maximum absolute atomic E-state index is 5.89. The Kier molecular flexibility index (Phi) is 5.44. The first kappa shape index (κ1) is 15.3. The largest absolute Gasteiger partial charge is 0.496 e. The van der Waals surface area contributed by atoms with Crippen molar-refractivity contribution in [1.29, 1.82) is 0 Å². The van der Waals surface area contributed by atoms with Crippen LogP contribution >= 0.6 is 0 Å². The summed E-state index contributed by atoms with van der Waals surface area (Å²) in [5, 5.41) is 3.65. The van der Waals surface area contributed by atoms with Crippen LogP contribution in [0.3, 0.4) is 0 Å². The third kappa shape index (κ3) is 3.15. The van der Waals surface area contributed by atoms with Crippen molar-refractivity contribution in [1.82, 2.24) is 5.32 Å². The summed E-state index contributed by atoms with van der Waals surface area (Å²) in [6, 6.07) is 6.74. The van der Waals surface area contributed by atoms with Crippen molar-refractivity contribution in [2.75, 3.05) is 20.3 Å². The molecule has 0 radical (unpaired) electrons. The molecule has 1 heterocycles. The van der Waals surface area contributed by atoms with Crippen LogP contribution in [0.4, 0.5) is 0 Å². The van der Waals surface area contributed by atoms with Crippen molar-refractivity contribution in [2.45, 2.75) is 45.8 Å². The Bertz CT molecular complexity index is 433. The molecule has 1 aliphatic rings. The molecule has 1 N–H and O–H groups in total. The van der Waals surface area contributed by atoms with Gasteiger partial charge in [-0.15, -0.1) is 0 Å². The van der Waals surface area contributed by atoms with Crippen LogP contribution in [0.25, 0.3) is 0 Å². The van der Waals surface area contributed by atoms with Crippen LogP contribution in [0.5, 0.6) is 5.75 Å². The summed E-state index contributed by atoms with van der Waals surface area (Å²) in [6.45, 7) is 8.33. The summed E-state index contributed by atoms with van der Waals surface area (Å²) < 4.78 is 11.5. The van der Waals surface area contributed by atoms with Gasteiger partial charge in [0.2, 0.25) is 0 Å². The molecule has 3 nitrogen and oxygen atoms in total. The summed E-state index contributed by atoms with van der Waals surface area (Å²) in [6.07, 6.45) is 2.54. The number of hydrogen-bond donors (Lipinski definition) is 1. The van der Waals surface area contributed by atoms with E-state index < -0.39 is 0 Å². The van der Waals surface area contributed by atoms with E-state index in [0.717, 1.165) is 31.7 Å². The zero-order chi connectivity index (χ0) is 14.5. The standard InChI is InChI=1S/C17H27NO2/c1-5-15-13(9-10-20-15)17(18-6-2)14-11-12(3)7-8-16(14)19-4/h7-8,11,13,15,17-18H,5-6,9-10H2,1-4H3. The zero-order valence-corrected chi connectivity index (χ0v) is 13.1. The van der Waals surface area contributed by atoms with E-state index in [4.69, 9.17) is 9.47 Å². The predicted molar refractivity (Wildman–Crippen MR) is 82.3 cm³/mol. The molecular weight excluding hydrogens is 250 g/mol. The summed E-state index contributed by atoms with van der Waals surface area (Å²) in [5.41, 5.74) is 2.54. The molecule has 1 aromatic carbocycles. The molecule has 0 aliphatic carbocycles. The van der Waals surface area contributed by atoms with Crippen molar-refractivity contribution in [3.8, 4) is 5.75 Å². The van der Waals surface area contributed by atoms with Gasteiger partial charge in [0.1, 0.15) is 5.75 Å². The van der Waals surface area contributed by atoms with Crippen molar-refractivity contribution in [2.24, 2.45) is 5.92 Å². The minimum Gasteiger partial charge on any atom is -0.496 e. The van der Waals surface area contributed by atoms with Gasteiger partial charge in [-0.1, -0.05) is 31.5 Å². The molecule has 3 unspecified atom stereocenters. The van der Waals surface area contributed by atoms with Crippen LogP contribution in [-0.4, -0.2) is 26.4 Å². The molecule has 1 fully saturated rings. The van der Waals surface area contributed by atoms with Crippen molar-refractivity contribution in [3.63, 3.8) is 0 Å². The average Bonchev–Trinajstić information content (AvgIpc) is 2.93. The lowest BCUT2D eigenvalue weighted by Gasteiger charge is -2.29. The Morgan fingerprint density at radius 3 is 2.85 bits per heavy atom. The Balaban J connectivity index is 2.34. The van der Waals surface area contributed by atoms with Gasteiger partial charge >= 0.3 is 0 Å². The third-order valence-corrected chi connectivity index (χ3v) is 4.24. The molecule has 1 aromatic rings. The first-order valence-electron chi connectivity index (χ1n) is 7.70. The lowest BCUT2D eigenvalue weighted by Crippen LogP contribution is -2.33. The summed E-state index contributed by atoms with van der Waals surface area (Å²) in [7, 11) is 1.75. The number of methoxy groups -OCH3 is 1. The number of ether oxygens (including phenoxy) is 2. The molecule has 0 aromatic heterocycles. The fraction of sp³-hybridized carbons (Fsp3) is 0.647. The molecular formula is C17H27NO2. The van der Waals surface area contributed by atoms with E-state index in [9.17, 15) is 0 Å². The molecule has 3 atom stereocenters. The van der Waals surface area contributed by atoms with E-state index in [1.165, 1.54) is 11.1 Å². The molecule has 1 saturated heterocycles. The van der Waals surface area contributed by atoms with Gasteiger partial charge in [-0.05, 0) is 32.4 Å². The molecule has 3 heteroatoms. The highest BCUT2D eigenvalue weighted by Gasteiger charge is 2.35. The van der Waals surface area contributed by atoms with Crippen LogP contribution in [0.1, 0.15) is 43.9 Å². The minimum atomic E-state index is 0.308. The Morgan fingerprint density at radius 2 is 2.20 bits per heavy atom. The van der Waals surface area contributed by atoms with Gasteiger partial charge in [-0.3, -0.25) is 0 Å². The molecule has 0 bridgehead atoms. The number of rotatable bonds is 6. The van der Waals surface area contributed by atoms with Crippen LogP contribution in [0, 0.1) is 12.8 Å². The van der Waals surface area contributed by atoms with Gasteiger partial charge in [-0.2, -0.15) is 0 Å². The molecule has 20 heavy (non-hydrogen) atoms. The van der Waals surface area contributed by atoms with Crippen LogP contribution in [0.2, 0.25) is 0 Å². The van der Waals surface area contributed by atoms with E-state index in [-0.39, 0.29) is 0 Å². The smallest absolute Gasteiger partial charge is 0.123 e. The lowest BCUT2D eigenvalue weighted by atomic mass is 9.85. The molecule has 2 rings (SSSR count). The first-order valence-corrected chi connectivity index (χ1v) is 7.70. The van der Waals surface area contributed by atoms with Crippen LogP contribution in [-0.2, 0) is 4.74 Å². The van der Waals surface area contributed by atoms with Crippen molar-refractivity contribution in [3.05, 3.63) is 29.3 Å². The van der Waals surface area contributed by atoms with Crippen LogP contribution in [0.15, 0.2) is 18.2 Å². The number of hydrogen-bond acceptors (Lipinski definition) is 3. The van der Waals surface area contributed by atoms with Gasteiger partial charge in [0.25, 0.3) is 0 Å². The maximum atomic E-state index is 5.89. The summed E-state index contributed by atoms with van der Waals surface area (Å²) in [5.74, 6) is 1.50. The van der Waals surface area contributed by atoms with E-state index in [0.29, 0.717) is 18.1 Å². The Hall–Kier alpha value is -1.06. The highest BCUT2D eigenvalue weighted by atomic mass is 16.5. The second-order valence-electron chi connectivity index (χ2n) is 5.55. The van der Waals surface area contributed by atoms with Crippen molar-refractivity contribution < 1.29 is 9.47 Å². The zero-order valence-electron chi connectivity index (χ0n) is 13.1. The Morgan fingerprint density at radius 1 is 1.40 bits per heavy atom. The molecule has 112 valence electrons. The third-order valence-electron chi connectivity index (χ3n) is 4.24. The van der Waals surface area contributed by atoms with Gasteiger partial charge in [0.05, 0.1) is 13.2 Å². The first-order chi connectivity index (χ1) is 9.71. The topological polar surface area (TPSA) is 30.5 Å². The normalized spacial score (nSPS) is 23.8. The van der Waals surface area contributed by atoms with E-state index >= 15 is 0 Å². The molecule has 0 saturated carbocycles. The number of benzene rings is 1. The minimum absolute atomic E-state index is 0.308. The van der Waals surface area contributed by atoms with Crippen LogP contribution < -0.4 is 10.1 Å². The monoisotopic (exact) mass is 277 g/mol. The molecule has 0 spiro atoms. The fourth-order valence-electron chi connectivity index (χ4n) is 3.28. The van der Waals surface area contributed by atoms with E-state index in [1.54, 1.807) is 7.11 Å². The van der Waals surface area contributed by atoms with Gasteiger partial charge in [0.15, 0.2) is 0 Å². The lowest BCUT2D eigenvalue weighted by molar-refractivity contribution is 0.0773. The SMILES string of the molecule is CCNC(c1cc(C)ccc1OC)C1CCOC1CC. The molecule has 1 aliphatic heterocycles. The second kappa shape index (κ2) is 7.09. The van der Waals surface area contributed by atoms with Gasteiger partial charge in [-0.25, -0.2) is 0 Å². The second-order valence-corrected chi connectivity index (χ2v) is 5.55. The average molecular weight is 277 g/mol. The summed E-state index contributed by atoms with van der Waals surface area (Å²) >= 11 is 0. The Labute approximate surface area is 122 Å². The molecule has 0 amide bonds. The summed E-state index contributed by atoms with van der Waals surface area (Å²) in [4.78, 5) is 0. The van der Waals surface area contributed by atoms with Gasteiger partial charge in [0, 0.05) is 24.1 Å². The van der Waals surface area contributed by atoms with Gasteiger partial charge < -0.3 is 14.8 Å². The van der Waals surface area contributed by atoms with E-state index in [2.05, 4.69) is 44.3 Å². The highest BCUT2D eigenvalue weighted by Crippen LogP contribution is 2.38. The fourth-order valence-corrected chi connectivity index (χ4v) is 3.28. The predicted octanol–water partition coefficient (Wildman–Crippen LogP) is 3.47. The van der Waals surface area contributed by atoms with Crippen molar-refractivity contribution >= 4 is 0 Å². The number of aryl methyl sites for hydroxylation is 1. The quantitative estimate of drug-likeness (QED) is 0.863. The maximum Gasteiger partial charge on any atom is 0.123 e. The van der Waals surface area contributed by atoms with E-state index in [1.807, 2.05) is 0 Å².